The maximum Gasteiger partial charge on any atom is 0.247 e. The molecular weight excluding hydrogens is 420 g/mol. The maximum atomic E-state index is 13.3. The van der Waals surface area contributed by atoms with E-state index in [1.54, 1.807) is 16.7 Å². The lowest BCUT2D eigenvalue weighted by atomic mass is 10.00. The van der Waals surface area contributed by atoms with Gasteiger partial charge >= 0.3 is 0 Å². The molecule has 0 spiro atoms. The molecule has 2 aromatic carbocycles. The van der Waals surface area contributed by atoms with E-state index in [4.69, 9.17) is 9.72 Å². The van der Waals surface area contributed by atoms with Gasteiger partial charge in [0, 0.05) is 23.3 Å². The molecule has 1 atom stereocenters. The molecule has 6 nitrogen and oxygen atoms in total. The van der Waals surface area contributed by atoms with Crippen molar-refractivity contribution in [2.75, 3.05) is 10.7 Å². The van der Waals surface area contributed by atoms with Gasteiger partial charge in [-0.25, -0.2) is 0 Å². The zero-order valence-corrected chi connectivity index (χ0v) is 19.8. The van der Waals surface area contributed by atoms with Crippen LogP contribution in [0, 0.1) is 13.8 Å². The van der Waals surface area contributed by atoms with Crippen LogP contribution in [0.15, 0.2) is 47.6 Å². The van der Waals surface area contributed by atoms with Crippen molar-refractivity contribution in [2.45, 2.75) is 58.3 Å². The SMILES string of the molecule is CCCCSc1nnc2c(n1)O[C@@H](c1ccccc1)N(C(=O)CC)c1c(C)cc(C)cc1-2. The molecule has 1 amide bonds. The first kappa shape index (κ1) is 22.3. The number of nitrogens with zero attached hydrogens (tertiary/aromatic N) is 4. The number of anilines is 1. The first-order chi connectivity index (χ1) is 15.5. The summed E-state index contributed by atoms with van der Waals surface area (Å²) in [4.78, 5) is 19.8. The Labute approximate surface area is 193 Å². The highest BCUT2D eigenvalue weighted by molar-refractivity contribution is 7.99. The van der Waals surface area contributed by atoms with Crippen LogP contribution in [0.2, 0.25) is 0 Å². The summed E-state index contributed by atoms with van der Waals surface area (Å²) in [6, 6.07) is 13.9. The van der Waals surface area contributed by atoms with Crippen LogP contribution in [-0.4, -0.2) is 26.8 Å². The molecular formula is C25H28N4O2S. The number of ether oxygens (including phenoxy) is 1. The zero-order chi connectivity index (χ0) is 22.7. The Morgan fingerprint density at radius 1 is 1.12 bits per heavy atom. The zero-order valence-electron chi connectivity index (χ0n) is 19.0. The van der Waals surface area contributed by atoms with Crippen molar-refractivity contribution >= 4 is 23.4 Å². The minimum Gasteiger partial charge on any atom is -0.447 e. The van der Waals surface area contributed by atoms with E-state index < -0.39 is 6.23 Å². The van der Waals surface area contributed by atoms with Crippen LogP contribution in [-0.2, 0) is 4.79 Å². The van der Waals surface area contributed by atoms with Crippen LogP contribution in [0.1, 0.15) is 56.0 Å². The molecule has 3 aromatic rings. The highest BCUT2D eigenvalue weighted by Gasteiger charge is 2.36. The fourth-order valence-electron chi connectivity index (χ4n) is 3.91. The number of carbonyl (C=O) groups excluding carboxylic acids is 1. The number of hydrogen-bond donors (Lipinski definition) is 0. The van der Waals surface area contributed by atoms with E-state index >= 15 is 0 Å². The van der Waals surface area contributed by atoms with Gasteiger partial charge in [0.25, 0.3) is 0 Å². The van der Waals surface area contributed by atoms with Gasteiger partial charge in [0.15, 0.2) is 5.69 Å². The summed E-state index contributed by atoms with van der Waals surface area (Å²) in [5.74, 6) is 1.31. The van der Waals surface area contributed by atoms with Crippen LogP contribution in [0.25, 0.3) is 11.3 Å². The van der Waals surface area contributed by atoms with Gasteiger partial charge in [-0.3, -0.25) is 9.69 Å². The summed E-state index contributed by atoms with van der Waals surface area (Å²) >= 11 is 1.58. The molecule has 166 valence electrons. The van der Waals surface area contributed by atoms with E-state index in [0.29, 0.717) is 23.2 Å². The number of hydrogen-bond acceptors (Lipinski definition) is 6. The number of aromatic nitrogens is 3. The Morgan fingerprint density at radius 2 is 1.91 bits per heavy atom. The standard InChI is InChI=1S/C25H28N4O2S/c1-5-7-13-32-25-26-23-21(27-28-25)19-15-16(3)14-17(4)22(19)29(20(30)6-2)24(31-23)18-11-9-8-10-12-18/h8-12,14-15,24H,5-7,13H2,1-4H3/t24-/m0/s1. The molecule has 0 radical (unpaired) electrons. The molecule has 0 unspecified atom stereocenters. The molecule has 1 aromatic heterocycles. The van der Waals surface area contributed by atoms with Crippen LogP contribution in [0.4, 0.5) is 5.69 Å². The fraction of sp³-hybridized carbons (Fsp3) is 0.360. The largest absolute Gasteiger partial charge is 0.447 e. The van der Waals surface area contributed by atoms with Crippen LogP contribution in [0.3, 0.4) is 0 Å². The van der Waals surface area contributed by atoms with Crippen molar-refractivity contribution in [1.29, 1.82) is 0 Å². The number of rotatable bonds is 6. The fourth-order valence-corrected chi connectivity index (χ4v) is 4.78. The smallest absolute Gasteiger partial charge is 0.247 e. The van der Waals surface area contributed by atoms with Gasteiger partial charge in [0.1, 0.15) is 0 Å². The van der Waals surface area contributed by atoms with Gasteiger partial charge in [-0.2, -0.15) is 4.98 Å². The molecule has 0 saturated heterocycles. The molecule has 7 heteroatoms. The van der Waals surface area contributed by atoms with Crippen molar-refractivity contribution in [2.24, 2.45) is 0 Å². The molecule has 32 heavy (non-hydrogen) atoms. The van der Waals surface area contributed by atoms with Gasteiger partial charge in [0.05, 0.1) is 5.69 Å². The number of benzene rings is 2. The molecule has 0 aliphatic carbocycles. The van der Waals surface area contributed by atoms with Gasteiger partial charge in [0.2, 0.25) is 23.2 Å². The van der Waals surface area contributed by atoms with Gasteiger partial charge < -0.3 is 4.74 Å². The summed E-state index contributed by atoms with van der Waals surface area (Å²) < 4.78 is 6.48. The molecule has 4 rings (SSSR count). The number of unbranched alkanes of at least 4 members (excludes halogenated alkanes) is 1. The monoisotopic (exact) mass is 448 g/mol. The Kier molecular flexibility index (Phi) is 6.74. The molecule has 0 bridgehead atoms. The second kappa shape index (κ2) is 9.69. The topological polar surface area (TPSA) is 68.2 Å². The predicted molar refractivity (Wildman–Crippen MR) is 128 cm³/mol. The third-order valence-electron chi connectivity index (χ3n) is 5.42. The van der Waals surface area contributed by atoms with Crippen molar-refractivity contribution < 1.29 is 9.53 Å². The molecule has 0 fully saturated rings. The highest BCUT2D eigenvalue weighted by atomic mass is 32.2. The number of carbonyl (C=O) groups is 1. The van der Waals surface area contributed by atoms with Crippen LogP contribution < -0.4 is 9.64 Å². The van der Waals surface area contributed by atoms with Crippen molar-refractivity contribution in [3.8, 4) is 17.1 Å². The number of aryl methyl sites for hydroxylation is 2. The number of thioether (sulfide) groups is 1. The van der Waals surface area contributed by atoms with Crippen molar-refractivity contribution in [3.05, 3.63) is 59.2 Å². The summed E-state index contributed by atoms with van der Waals surface area (Å²) in [7, 11) is 0. The third kappa shape index (κ3) is 4.35. The average molecular weight is 449 g/mol. The lowest BCUT2D eigenvalue weighted by molar-refractivity contribution is -0.120. The van der Waals surface area contributed by atoms with E-state index in [1.807, 2.05) is 57.2 Å². The predicted octanol–water partition coefficient (Wildman–Crippen LogP) is 5.88. The van der Waals surface area contributed by atoms with Crippen molar-refractivity contribution in [3.63, 3.8) is 0 Å². The second-order valence-electron chi connectivity index (χ2n) is 7.93. The average Bonchev–Trinajstić information content (AvgIpc) is 2.94. The van der Waals surface area contributed by atoms with Crippen LogP contribution in [0.5, 0.6) is 5.88 Å². The maximum absolute atomic E-state index is 13.3. The van der Waals surface area contributed by atoms with Crippen molar-refractivity contribution in [1.82, 2.24) is 15.2 Å². The highest BCUT2D eigenvalue weighted by Crippen LogP contribution is 2.45. The number of amides is 1. The molecule has 1 aliphatic rings. The van der Waals surface area contributed by atoms with Gasteiger partial charge in [-0.15, -0.1) is 10.2 Å². The van der Waals surface area contributed by atoms with Gasteiger partial charge in [-0.1, -0.05) is 74.0 Å². The lowest BCUT2D eigenvalue weighted by Gasteiger charge is -2.31. The second-order valence-corrected chi connectivity index (χ2v) is 8.99. The number of fused-ring (bicyclic) bond motifs is 3. The first-order valence-electron chi connectivity index (χ1n) is 11.1. The summed E-state index contributed by atoms with van der Waals surface area (Å²) in [5.41, 5.74) is 5.14. The molecule has 0 saturated carbocycles. The van der Waals surface area contributed by atoms with E-state index in [-0.39, 0.29) is 5.91 Å². The van der Waals surface area contributed by atoms with E-state index in [1.165, 1.54) is 0 Å². The molecule has 2 heterocycles. The quantitative estimate of drug-likeness (QED) is 0.346. The van der Waals surface area contributed by atoms with E-state index in [2.05, 4.69) is 23.2 Å². The Morgan fingerprint density at radius 3 is 2.62 bits per heavy atom. The summed E-state index contributed by atoms with van der Waals surface area (Å²) in [5, 5.41) is 9.49. The first-order valence-corrected chi connectivity index (χ1v) is 12.0. The van der Waals surface area contributed by atoms with E-state index in [9.17, 15) is 4.79 Å². The minimum absolute atomic E-state index is 0.0228. The lowest BCUT2D eigenvalue weighted by Crippen LogP contribution is -2.37. The normalized spacial score (nSPS) is 14.9. The summed E-state index contributed by atoms with van der Waals surface area (Å²) in [6.45, 7) is 8.08. The molecule has 0 N–H and O–H groups in total. The van der Waals surface area contributed by atoms with Crippen LogP contribution >= 0.6 is 11.8 Å². The summed E-state index contributed by atoms with van der Waals surface area (Å²) in [6.07, 6.45) is 1.90. The third-order valence-corrected chi connectivity index (χ3v) is 6.34. The van der Waals surface area contributed by atoms with E-state index in [0.717, 1.165) is 46.5 Å². The molecule has 1 aliphatic heterocycles. The van der Waals surface area contributed by atoms with Gasteiger partial charge in [-0.05, 0) is 31.9 Å². The Bertz CT molecular complexity index is 1120. The minimum atomic E-state index is -0.643. The Hall–Kier alpha value is -2.93. The Balaban J connectivity index is 1.93.